The fourth-order valence-corrected chi connectivity index (χ4v) is 2.64. The van der Waals surface area contributed by atoms with Crippen LogP contribution >= 0.6 is 22.6 Å². The first kappa shape index (κ1) is 11.8. The molecule has 0 aliphatic carbocycles. The minimum atomic E-state index is -0.0742. The Hall–Kier alpha value is -0.630. The van der Waals surface area contributed by atoms with Crippen molar-refractivity contribution in [2.45, 2.75) is 19.4 Å². The highest BCUT2D eigenvalue weighted by molar-refractivity contribution is 14.1. The zero-order valence-corrected chi connectivity index (χ0v) is 11.3. The summed E-state index contributed by atoms with van der Waals surface area (Å²) in [5.41, 5.74) is 5.81. The van der Waals surface area contributed by atoms with Crippen LogP contribution in [0.5, 0.6) is 0 Å². The summed E-state index contributed by atoms with van der Waals surface area (Å²) in [5.74, 6) is 1.28. The fraction of sp³-hybridized carbons (Fsp3) is 0.600. The molecule has 2 heterocycles. The summed E-state index contributed by atoms with van der Waals surface area (Å²) in [6, 6.07) is 0.199. The molecule has 2 unspecified atom stereocenters. The lowest BCUT2D eigenvalue weighted by atomic mass is 10.0. The molecule has 88 valence electrons. The largest absolute Gasteiger partial charge is 0.355 e. The van der Waals surface area contributed by atoms with Crippen LogP contribution in [0.25, 0.3) is 0 Å². The molecular formula is C10H15IN4O. The van der Waals surface area contributed by atoms with Gasteiger partial charge in [0.2, 0.25) is 0 Å². The van der Waals surface area contributed by atoms with Crippen molar-refractivity contribution in [1.82, 2.24) is 9.97 Å². The zero-order valence-electron chi connectivity index (χ0n) is 9.11. The average Bonchev–Trinajstić information content (AvgIpc) is 2.71. The molecule has 0 saturated carbocycles. The van der Waals surface area contributed by atoms with Crippen LogP contribution in [-0.4, -0.2) is 29.1 Å². The number of nitrogens with zero attached hydrogens (tertiary/aromatic N) is 2. The Morgan fingerprint density at radius 3 is 3.12 bits per heavy atom. The highest BCUT2D eigenvalue weighted by atomic mass is 127. The number of nitrogens with two attached hydrogens (primary N) is 1. The van der Waals surface area contributed by atoms with Crippen molar-refractivity contribution in [3.8, 4) is 0 Å². The third-order valence-corrected chi connectivity index (χ3v) is 4.02. The molecule has 16 heavy (non-hydrogen) atoms. The number of hydrogen-bond acceptors (Lipinski definition) is 4. The van der Waals surface area contributed by atoms with Gasteiger partial charge in [-0.15, -0.1) is 0 Å². The van der Waals surface area contributed by atoms with E-state index in [9.17, 15) is 4.79 Å². The van der Waals surface area contributed by atoms with Crippen molar-refractivity contribution in [2.24, 2.45) is 11.7 Å². The molecule has 0 spiro atoms. The van der Waals surface area contributed by atoms with E-state index in [1.807, 2.05) is 29.5 Å². The minimum Gasteiger partial charge on any atom is -0.355 e. The molecule has 2 rings (SSSR count). The summed E-state index contributed by atoms with van der Waals surface area (Å²) in [6.45, 7) is 3.85. The minimum absolute atomic E-state index is 0.0742. The van der Waals surface area contributed by atoms with Crippen molar-refractivity contribution in [2.75, 3.05) is 18.0 Å². The number of aromatic amines is 1. The van der Waals surface area contributed by atoms with Gasteiger partial charge >= 0.3 is 0 Å². The van der Waals surface area contributed by atoms with Gasteiger partial charge in [0.05, 0.1) is 6.33 Å². The zero-order chi connectivity index (χ0) is 11.7. The van der Waals surface area contributed by atoms with Gasteiger partial charge in [-0.3, -0.25) is 4.79 Å². The van der Waals surface area contributed by atoms with E-state index in [-0.39, 0.29) is 11.6 Å². The maximum absolute atomic E-state index is 11.5. The van der Waals surface area contributed by atoms with Crippen molar-refractivity contribution in [1.29, 1.82) is 0 Å². The Labute approximate surface area is 108 Å². The second-order valence-corrected chi connectivity index (χ2v) is 5.30. The molecule has 6 heteroatoms. The molecule has 0 radical (unpaired) electrons. The van der Waals surface area contributed by atoms with Crippen molar-refractivity contribution in [3.63, 3.8) is 0 Å². The molecule has 5 nitrogen and oxygen atoms in total. The molecule has 1 aromatic rings. The molecule has 1 aromatic heterocycles. The Morgan fingerprint density at radius 1 is 1.75 bits per heavy atom. The van der Waals surface area contributed by atoms with E-state index in [4.69, 9.17) is 5.73 Å². The summed E-state index contributed by atoms with van der Waals surface area (Å²) in [5, 5.41) is 0. The highest BCUT2D eigenvalue weighted by Crippen LogP contribution is 2.25. The van der Waals surface area contributed by atoms with Crippen molar-refractivity contribution < 1.29 is 0 Å². The molecular weight excluding hydrogens is 319 g/mol. The number of anilines is 1. The van der Waals surface area contributed by atoms with E-state index in [1.54, 1.807) is 0 Å². The average molecular weight is 334 g/mol. The highest BCUT2D eigenvalue weighted by Gasteiger charge is 2.27. The quantitative estimate of drug-likeness (QED) is 0.775. The van der Waals surface area contributed by atoms with Crippen LogP contribution in [0, 0.1) is 9.49 Å². The first-order chi connectivity index (χ1) is 7.59. The molecule has 1 aliphatic heterocycles. The lowest BCUT2D eigenvalue weighted by Gasteiger charge is -2.19. The molecule has 1 aliphatic rings. The van der Waals surface area contributed by atoms with Crippen LogP contribution in [0.2, 0.25) is 0 Å². The number of rotatable bonds is 2. The first-order valence-electron chi connectivity index (χ1n) is 5.33. The van der Waals surface area contributed by atoms with E-state index in [0.29, 0.717) is 9.49 Å². The van der Waals surface area contributed by atoms with Gasteiger partial charge in [0, 0.05) is 19.1 Å². The molecule has 0 amide bonds. The van der Waals surface area contributed by atoms with Gasteiger partial charge in [-0.2, -0.15) is 0 Å². The lowest BCUT2D eigenvalue weighted by Crippen LogP contribution is -2.31. The number of aromatic nitrogens is 2. The molecule has 1 saturated heterocycles. The Morgan fingerprint density at radius 2 is 2.50 bits per heavy atom. The van der Waals surface area contributed by atoms with Gasteiger partial charge in [-0.25, -0.2) is 4.98 Å². The third-order valence-electron chi connectivity index (χ3n) is 3.05. The predicted octanol–water partition coefficient (Wildman–Crippen LogP) is 0.548. The summed E-state index contributed by atoms with van der Waals surface area (Å²) >= 11 is 2.04. The van der Waals surface area contributed by atoms with Crippen LogP contribution in [0.3, 0.4) is 0 Å². The molecule has 3 N–H and O–H groups in total. The summed E-state index contributed by atoms with van der Waals surface area (Å²) < 4.78 is 0.658. The Bertz CT molecular complexity index is 431. The second-order valence-electron chi connectivity index (χ2n) is 4.22. The van der Waals surface area contributed by atoms with E-state index in [0.717, 1.165) is 25.3 Å². The monoisotopic (exact) mass is 334 g/mol. The van der Waals surface area contributed by atoms with Crippen LogP contribution in [0.4, 0.5) is 5.82 Å². The number of hydrogen-bond donors (Lipinski definition) is 2. The SMILES string of the molecule is CC(N)C1CCN(c2nc[nH]c(=O)c2I)C1. The molecule has 2 atom stereocenters. The van der Waals surface area contributed by atoms with E-state index in [2.05, 4.69) is 14.9 Å². The first-order valence-corrected chi connectivity index (χ1v) is 6.41. The van der Waals surface area contributed by atoms with E-state index < -0.39 is 0 Å². The number of H-pyrrole nitrogens is 1. The summed E-state index contributed by atoms with van der Waals surface area (Å²) in [7, 11) is 0. The van der Waals surface area contributed by atoms with Gasteiger partial charge in [-0.05, 0) is 41.9 Å². The van der Waals surface area contributed by atoms with Crippen LogP contribution in [-0.2, 0) is 0 Å². The van der Waals surface area contributed by atoms with Crippen molar-refractivity contribution >= 4 is 28.4 Å². The Balaban J connectivity index is 2.21. The van der Waals surface area contributed by atoms with Crippen molar-refractivity contribution in [3.05, 3.63) is 20.3 Å². The van der Waals surface area contributed by atoms with Crippen LogP contribution in [0.1, 0.15) is 13.3 Å². The smallest absolute Gasteiger partial charge is 0.266 e. The maximum atomic E-state index is 11.5. The fourth-order valence-electron chi connectivity index (χ4n) is 2.00. The second kappa shape index (κ2) is 4.70. The lowest BCUT2D eigenvalue weighted by molar-refractivity contribution is 0.488. The standard InChI is InChI=1S/C10H15IN4O/c1-6(12)7-2-3-15(4-7)9-8(11)10(16)14-5-13-9/h5-7H,2-4,12H2,1H3,(H,13,14,16). The predicted molar refractivity (Wildman–Crippen MR) is 71.5 cm³/mol. The van der Waals surface area contributed by atoms with Crippen LogP contribution in [0.15, 0.2) is 11.1 Å². The normalized spacial score (nSPS) is 22.4. The molecule has 0 aromatic carbocycles. The van der Waals surface area contributed by atoms with E-state index >= 15 is 0 Å². The van der Waals surface area contributed by atoms with Gasteiger partial charge in [-0.1, -0.05) is 0 Å². The molecule has 0 bridgehead atoms. The molecule has 1 fully saturated rings. The van der Waals surface area contributed by atoms with Crippen LogP contribution < -0.4 is 16.2 Å². The van der Waals surface area contributed by atoms with E-state index in [1.165, 1.54) is 6.33 Å². The van der Waals surface area contributed by atoms with Gasteiger partial charge < -0.3 is 15.6 Å². The van der Waals surface area contributed by atoms with Gasteiger partial charge in [0.1, 0.15) is 9.39 Å². The third kappa shape index (κ3) is 2.22. The summed E-state index contributed by atoms with van der Waals surface area (Å²) in [6.07, 6.45) is 2.53. The maximum Gasteiger partial charge on any atom is 0.266 e. The van der Waals surface area contributed by atoms with Gasteiger partial charge in [0.15, 0.2) is 0 Å². The summed E-state index contributed by atoms with van der Waals surface area (Å²) in [4.78, 5) is 20.4. The topological polar surface area (TPSA) is 75.0 Å². The van der Waals surface area contributed by atoms with Gasteiger partial charge in [0.25, 0.3) is 5.56 Å². The number of halogens is 1. The Kier molecular flexibility index (Phi) is 3.48. The number of nitrogens with one attached hydrogen (secondary N) is 1.